The Bertz CT molecular complexity index is 918. The third-order valence-electron chi connectivity index (χ3n) is 3.45. The minimum Gasteiger partial charge on any atom is -0.350 e. The lowest BCUT2D eigenvalue weighted by Gasteiger charge is -2.05. The second kappa shape index (κ2) is 4.49. The normalized spacial score (nSPS) is 11.0. The van der Waals surface area contributed by atoms with Crippen molar-refractivity contribution >= 4 is 27.8 Å². The molecular formula is C16H12N4O. The summed E-state index contributed by atoms with van der Waals surface area (Å²) in [4.78, 5) is 19.7. The zero-order valence-corrected chi connectivity index (χ0v) is 11.1. The van der Waals surface area contributed by atoms with Gasteiger partial charge in [-0.3, -0.25) is 10.2 Å². The van der Waals surface area contributed by atoms with E-state index >= 15 is 0 Å². The maximum Gasteiger partial charge on any atom is 0.286 e. The van der Waals surface area contributed by atoms with Crippen molar-refractivity contribution in [3.63, 3.8) is 0 Å². The Balaban J connectivity index is 1.69. The van der Waals surface area contributed by atoms with Crippen molar-refractivity contribution in [1.82, 2.24) is 14.6 Å². The van der Waals surface area contributed by atoms with Crippen molar-refractivity contribution in [1.29, 1.82) is 0 Å². The summed E-state index contributed by atoms with van der Waals surface area (Å²) in [6, 6.07) is 17.3. The van der Waals surface area contributed by atoms with Crippen LogP contribution in [-0.4, -0.2) is 20.6 Å². The van der Waals surface area contributed by atoms with Gasteiger partial charge in [0.2, 0.25) is 0 Å². The van der Waals surface area contributed by atoms with Crippen LogP contribution in [-0.2, 0) is 0 Å². The van der Waals surface area contributed by atoms with Crippen LogP contribution in [0.1, 0.15) is 10.5 Å². The Morgan fingerprint density at radius 3 is 2.81 bits per heavy atom. The van der Waals surface area contributed by atoms with Gasteiger partial charge in [0.15, 0.2) is 0 Å². The lowest BCUT2D eigenvalue weighted by molar-refractivity contribution is 0.100. The smallest absolute Gasteiger partial charge is 0.286 e. The molecule has 0 unspecified atom stereocenters. The van der Waals surface area contributed by atoms with Gasteiger partial charge in [0, 0.05) is 10.9 Å². The SMILES string of the molecule is O=C(Nn1cnc2ccccc21)c1cc2ccccc2[nH]1. The van der Waals surface area contributed by atoms with Gasteiger partial charge in [0.05, 0.1) is 11.0 Å². The Labute approximate surface area is 120 Å². The second-order valence-electron chi connectivity index (χ2n) is 4.81. The quantitative estimate of drug-likeness (QED) is 0.591. The van der Waals surface area contributed by atoms with Gasteiger partial charge in [-0.1, -0.05) is 30.3 Å². The average Bonchev–Trinajstić information content (AvgIpc) is 3.11. The van der Waals surface area contributed by atoms with Crippen molar-refractivity contribution in [2.24, 2.45) is 0 Å². The number of para-hydroxylation sites is 3. The summed E-state index contributed by atoms with van der Waals surface area (Å²) >= 11 is 0. The van der Waals surface area contributed by atoms with E-state index in [1.807, 2.05) is 54.6 Å². The summed E-state index contributed by atoms with van der Waals surface area (Å²) in [5.41, 5.74) is 6.00. The first-order valence-electron chi connectivity index (χ1n) is 6.62. The Hall–Kier alpha value is -3.08. The highest BCUT2D eigenvalue weighted by Crippen LogP contribution is 2.15. The Morgan fingerprint density at radius 2 is 1.90 bits per heavy atom. The van der Waals surface area contributed by atoms with Gasteiger partial charge in [-0.2, -0.15) is 0 Å². The van der Waals surface area contributed by atoms with E-state index in [-0.39, 0.29) is 5.91 Å². The molecular weight excluding hydrogens is 264 g/mol. The molecule has 0 aliphatic carbocycles. The number of amides is 1. The number of benzene rings is 2. The third-order valence-corrected chi connectivity index (χ3v) is 3.45. The van der Waals surface area contributed by atoms with Gasteiger partial charge in [-0.25, -0.2) is 9.66 Å². The predicted octanol–water partition coefficient (Wildman–Crippen LogP) is 2.90. The lowest BCUT2D eigenvalue weighted by atomic mass is 10.2. The van der Waals surface area contributed by atoms with E-state index in [1.165, 1.54) is 0 Å². The van der Waals surface area contributed by atoms with Crippen LogP contribution >= 0.6 is 0 Å². The molecule has 21 heavy (non-hydrogen) atoms. The number of fused-ring (bicyclic) bond motifs is 2. The number of carbonyl (C=O) groups excluding carboxylic acids is 1. The summed E-state index contributed by atoms with van der Waals surface area (Å²) < 4.78 is 1.63. The van der Waals surface area contributed by atoms with Crippen LogP contribution in [0, 0.1) is 0 Å². The van der Waals surface area contributed by atoms with Crippen molar-refractivity contribution < 1.29 is 4.79 Å². The third kappa shape index (κ3) is 1.95. The molecule has 0 saturated carbocycles. The summed E-state index contributed by atoms with van der Waals surface area (Å²) in [6.45, 7) is 0. The molecule has 0 aliphatic rings. The van der Waals surface area contributed by atoms with Gasteiger partial charge in [0.1, 0.15) is 12.0 Å². The van der Waals surface area contributed by atoms with E-state index in [0.29, 0.717) is 5.69 Å². The number of H-pyrrole nitrogens is 1. The molecule has 5 nitrogen and oxygen atoms in total. The molecule has 0 fully saturated rings. The highest BCUT2D eigenvalue weighted by atomic mass is 16.2. The first-order valence-corrected chi connectivity index (χ1v) is 6.62. The van der Waals surface area contributed by atoms with Crippen LogP contribution in [0.2, 0.25) is 0 Å². The predicted molar refractivity (Wildman–Crippen MR) is 81.7 cm³/mol. The largest absolute Gasteiger partial charge is 0.350 e. The van der Waals surface area contributed by atoms with Crippen molar-refractivity contribution in [2.75, 3.05) is 5.43 Å². The molecule has 0 aliphatic heterocycles. The molecule has 2 aromatic heterocycles. The minimum absolute atomic E-state index is 0.200. The molecule has 2 aromatic carbocycles. The standard InChI is InChI=1S/C16H12N4O/c21-16(14-9-11-5-1-2-6-12(11)18-14)19-20-10-17-13-7-3-4-8-15(13)20/h1-10,18H,(H,19,21). The summed E-state index contributed by atoms with van der Waals surface area (Å²) in [5.74, 6) is -0.200. The average molecular weight is 276 g/mol. The molecule has 4 rings (SSSR count). The van der Waals surface area contributed by atoms with Crippen molar-refractivity contribution in [3.05, 3.63) is 66.6 Å². The molecule has 4 aromatic rings. The zero-order valence-electron chi connectivity index (χ0n) is 11.1. The fourth-order valence-electron chi connectivity index (χ4n) is 2.41. The Kier molecular flexibility index (Phi) is 2.50. The monoisotopic (exact) mass is 276 g/mol. The van der Waals surface area contributed by atoms with Gasteiger partial charge >= 0.3 is 0 Å². The van der Waals surface area contributed by atoms with E-state index in [0.717, 1.165) is 21.9 Å². The zero-order chi connectivity index (χ0) is 14.2. The number of hydrogen-bond donors (Lipinski definition) is 2. The van der Waals surface area contributed by atoms with Gasteiger partial charge in [0.25, 0.3) is 5.91 Å². The van der Waals surface area contributed by atoms with E-state index in [9.17, 15) is 4.79 Å². The number of aromatic nitrogens is 3. The van der Waals surface area contributed by atoms with Gasteiger partial charge in [-0.05, 0) is 24.3 Å². The molecule has 102 valence electrons. The van der Waals surface area contributed by atoms with Gasteiger partial charge < -0.3 is 4.98 Å². The number of imidazole rings is 1. The number of aromatic amines is 1. The van der Waals surface area contributed by atoms with Crippen molar-refractivity contribution in [2.45, 2.75) is 0 Å². The highest BCUT2D eigenvalue weighted by molar-refractivity contribution is 6.02. The first-order chi connectivity index (χ1) is 10.3. The van der Waals surface area contributed by atoms with E-state index < -0.39 is 0 Å². The first kappa shape index (κ1) is 11.7. The molecule has 5 heteroatoms. The van der Waals surface area contributed by atoms with Crippen LogP contribution in [0.4, 0.5) is 0 Å². The molecule has 0 radical (unpaired) electrons. The fraction of sp³-hybridized carbons (Fsp3) is 0. The molecule has 2 heterocycles. The van der Waals surface area contributed by atoms with E-state index in [4.69, 9.17) is 0 Å². The highest BCUT2D eigenvalue weighted by Gasteiger charge is 2.11. The van der Waals surface area contributed by atoms with Crippen LogP contribution in [0.3, 0.4) is 0 Å². The number of carbonyl (C=O) groups is 1. The fourth-order valence-corrected chi connectivity index (χ4v) is 2.41. The summed E-state index contributed by atoms with van der Waals surface area (Å²) in [6.07, 6.45) is 1.60. The molecule has 0 spiro atoms. The number of rotatable bonds is 2. The Morgan fingerprint density at radius 1 is 1.10 bits per heavy atom. The van der Waals surface area contributed by atoms with Gasteiger partial charge in [-0.15, -0.1) is 0 Å². The maximum atomic E-state index is 12.3. The maximum absolute atomic E-state index is 12.3. The van der Waals surface area contributed by atoms with Crippen LogP contribution in [0.25, 0.3) is 21.9 Å². The second-order valence-corrected chi connectivity index (χ2v) is 4.81. The van der Waals surface area contributed by atoms with Crippen LogP contribution < -0.4 is 5.43 Å². The lowest BCUT2D eigenvalue weighted by Crippen LogP contribution is -2.22. The molecule has 0 atom stereocenters. The molecule has 1 amide bonds. The molecule has 0 bridgehead atoms. The minimum atomic E-state index is -0.200. The summed E-state index contributed by atoms with van der Waals surface area (Å²) in [5, 5.41) is 1.01. The number of nitrogens with zero attached hydrogens (tertiary/aromatic N) is 2. The number of nitrogens with one attached hydrogen (secondary N) is 2. The van der Waals surface area contributed by atoms with Crippen LogP contribution in [0.5, 0.6) is 0 Å². The molecule has 0 saturated heterocycles. The molecule has 2 N–H and O–H groups in total. The van der Waals surface area contributed by atoms with Crippen molar-refractivity contribution in [3.8, 4) is 0 Å². The van der Waals surface area contributed by atoms with E-state index in [2.05, 4.69) is 15.4 Å². The number of hydrogen-bond acceptors (Lipinski definition) is 2. The topological polar surface area (TPSA) is 62.7 Å². The van der Waals surface area contributed by atoms with E-state index in [1.54, 1.807) is 11.0 Å². The van der Waals surface area contributed by atoms with Crippen LogP contribution in [0.15, 0.2) is 60.9 Å². The summed E-state index contributed by atoms with van der Waals surface area (Å²) in [7, 11) is 0.